The van der Waals surface area contributed by atoms with E-state index < -0.39 is 0 Å². The van der Waals surface area contributed by atoms with Gasteiger partial charge in [0.25, 0.3) is 11.8 Å². The standard InChI is InChI=1S/C24H23N5O2/c1-15-5-7-17(8-6-15)23(30)26-13-14-27-24(31)18-11-9-16(10-12-18)19-3-2-4-20-21(19)22(25)29-28-20/h2-12H,13-14H2,1H3,(H,26,30)(H,27,31)(H3,25,28,29). The Hall–Kier alpha value is -4.13. The third-order valence-corrected chi connectivity index (χ3v) is 5.09. The molecule has 0 saturated heterocycles. The Bertz CT molecular complexity index is 1230. The molecule has 7 heteroatoms. The van der Waals surface area contributed by atoms with Crippen LogP contribution in [0.25, 0.3) is 22.0 Å². The number of nitrogen functional groups attached to an aromatic ring is 1. The number of nitrogens with one attached hydrogen (secondary N) is 3. The summed E-state index contributed by atoms with van der Waals surface area (Å²) in [6.07, 6.45) is 0. The van der Waals surface area contributed by atoms with Gasteiger partial charge in [-0.25, -0.2) is 0 Å². The smallest absolute Gasteiger partial charge is 0.251 e. The fraction of sp³-hybridized carbons (Fsp3) is 0.125. The SMILES string of the molecule is Cc1ccc(C(=O)NCCNC(=O)c2ccc(-c3cccc4[nH]nc(N)c34)cc2)cc1. The molecular weight excluding hydrogens is 390 g/mol. The first-order chi connectivity index (χ1) is 15.0. The van der Waals surface area contributed by atoms with E-state index in [-0.39, 0.29) is 11.8 Å². The zero-order chi connectivity index (χ0) is 21.8. The number of amides is 2. The van der Waals surface area contributed by atoms with Crippen LogP contribution in [-0.2, 0) is 0 Å². The van der Waals surface area contributed by atoms with Gasteiger partial charge >= 0.3 is 0 Å². The van der Waals surface area contributed by atoms with Gasteiger partial charge in [0.15, 0.2) is 5.82 Å². The Labute approximate surface area is 179 Å². The summed E-state index contributed by atoms with van der Waals surface area (Å²) in [5.74, 6) is 0.0866. The summed E-state index contributed by atoms with van der Waals surface area (Å²) in [4.78, 5) is 24.5. The van der Waals surface area contributed by atoms with Crippen LogP contribution in [0.1, 0.15) is 26.3 Å². The number of rotatable bonds is 6. The molecule has 3 aromatic carbocycles. The molecule has 7 nitrogen and oxygen atoms in total. The lowest BCUT2D eigenvalue weighted by atomic mass is 10.00. The van der Waals surface area contributed by atoms with E-state index in [1.807, 2.05) is 49.4 Å². The van der Waals surface area contributed by atoms with E-state index in [1.165, 1.54) is 0 Å². The Morgan fingerprint density at radius 1 is 0.871 bits per heavy atom. The summed E-state index contributed by atoms with van der Waals surface area (Å²) >= 11 is 0. The quantitative estimate of drug-likeness (QED) is 0.363. The van der Waals surface area contributed by atoms with E-state index in [9.17, 15) is 9.59 Å². The zero-order valence-corrected chi connectivity index (χ0v) is 17.1. The topological polar surface area (TPSA) is 113 Å². The van der Waals surface area contributed by atoms with Gasteiger partial charge in [-0.2, -0.15) is 5.10 Å². The highest BCUT2D eigenvalue weighted by atomic mass is 16.2. The van der Waals surface area contributed by atoms with Gasteiger partial charge in [0, 0.05) is 24.2 Å². The van der Waals surface area contributed by atoms with Crippen LogP contribution in [0, 0.1) is 6.92 Å². The largest absolute Gasteiger partial charge is 0.382 e. The average Bonchev–Trinajstić information content (AvgIpc) is 3.18. The monoisotopic (exact) mass is 413 g/mol. The van der Waals surface area contributed by atoms with Gasteiger partial charge in [0.2, 0.25) is 0 Å². The lowest BCUT2D eigenvalue weighted by molar-refractivity contribution is 0.0927. The van der Waals surface area contributed by atoms with Crippen molar-refractivity contribution in [2.45, 2.75) is 6.92 Å². The van der Waals surface area contributed by atoms with E-state index in [0.717, 1.165) is 27.6 Å². The lowest BCUT2D eigenvalue weighted by Gasteiger charge is -2.09. The van der Waals surface area contributed by atoms with E-state index in [4.69, 9.17) is 5.73 Å². The second kappa shape index (κ2) is 8.71. The number of anilines is 1. The molecule has 2 amide bonds. The summed E-state index contributed by atoms with van der Waals surface area (Å²) in [7, 11) is 0. The fourth-order valence-corrected chi connectivity index (χ4v) is 3.40. The molecule has 0 aliphatic rings. The Morgan fingerprint density at radius 2 is 1.45 bits per heavy atom. The molecule has 0 unspecified atom stereocenters. The predicted molar refractivity (Wildman–Crippen MR) is 122 cm³/mol. The van der Waals surface area contributed by atoms with Gasteiger partial charge < -0.3 is 16.4 Å². The second-order valence-electron chi connectivity index (χ2n) is 7.29. The molecule has 0 spiro atoms. The van der Waals surface area contributed by atoms with Gasteiger partial charge in [0.05, 0.1) is 10.9 Å². The molecule has 0 aliphatic carbocycles. The molecule has 1 heterocycles. The van der Waals surface area contributed by atoms with Gasteiger partial charge in [-0.05, 0) is 48.4 Å². The van der Waals surface area contributed by atoms with Crippen LogP contribution < -0.4 is 16.4 Å². The predicted octanol–water partition coefficient (Wildman–Crippen LogP) is 3.28. The molecule has 0 radical (unpaired) electrons. The van der Waals surface area contributed by atoms with Crippen LogP contribution in [0.3, 0.4) is 0 Å². The van der Waals surface area contributed by atoms with E-state index in [1.54, 1.807) is 24.3 Å². The summed E-state index contributed by atoms with van der Waals surface area (Å²) < 4.78 is 0. The molecule has 0 bridgehead atoms. The van der Waals surface area contributed by atoms with Crippen LogP contribution >= 0.6 is 0 Å². The van der Waals surface area contributed by atoms with E-state index >= 15 is 0 Å². The van der Waals surface area contributed by atoms with Gasteiger partial charge in [-0.3, -0.25) is 14.7 Å². The van der Waals surface area contributed by atoms with Crippen molar-refractivity contribution in [2.75, 3.05) is 18.8 Å². The number of nitrogens with zero attached hydrogens (tertiary/aromatic N) is 1. The van der Waals surface area contributed by atoms with Crippen molar-refractivity contribution < 1.29 is 9.59 Å². The van der Waals surface area contributed by atoms with E-state index in [0.29, 0.717) is 30.0 Å². The number of aromatic nitrogens is 2. The molecule has 0 saturated carbocycles. The van der Waals surface area contributed by atoms with Crippen molar-refractivity contribution in [1.29, 1.82) is 0 Å². The number of H-pyrrole nitrogens is 1. The maximum atomic E-state index is 12.4. The first-order valence-electron chi connectivity index (χ1n) is 9.99. The number of carbonyl (C=O) groups is 2. The minimum Gasteiger partial charge on any atom is -0.382 e. The zero-order valence-electron chi connectivity index (χ0n) is 17.1. The van der Waals surface area contributed by atoms with Crippen molar-refractivity contribution in [3.63, 3.8) is 0 Å². The second-order valence-corrected chi connectivity index (χ2v) is 7.29. The van der Waals surface area contributed by atoms with Crippen LogP contribution in [0.5, 0.6) is 0 Å². The summed E-state index contributed by atoms with van der Waals surface area (Å²) in [6.45, 7) is 2.65. The molecule has 5 N–H and O–H groups in total. The molecule has 0 atom stereocenters. The van der Waals surface area contributed by atoms with Gasteiger partial charge in [0.1, 0.15) is 0 Å². The van der Waals surface area contributed by atoms with Crippen LogP contribution in [0.4, 0.5) is 5.82 Å². The average molecular weight is 413 g/mol. The Morgan fingerprint density at radius 3 is 2.06 bits per heavy atom. The highest BCUT2D eigenvalue weighted by Crippen LogP contribution is 2.31. The van der Waals surface area contributed by atoms with Crippen LogP contribution in [0.15, 0.2) is 66.7 Å². The number of hydrogen-bond acceptors (Lipinski definition) is 4. The van der Waals surface area contributed by atoms with Crippen LogP contribution in [-0.4, -0.2) is 35.1 Å². The normalized spacial score (nSPS) is 10.7. The summed E-state index contributed by atoms with van der Waals surface area (Å²) in [5, 5.41) is 13.5. The molecule has 4 aromatic rings. The third-order valence-electron chi connectivity index (χ3n) is 5.09. The van der Waals surface area contributed by atoms with Crippen molar-refractivity contribution in [3.8, 4) is 11.1 Å². The number of fused-ring (bicyclic) bond motifs is 1. The Kier molecular flexibility index (Phi) is 5.66. The summed E-state index contributed by atoms with van der Waals surface area (Å²) in [5.41, 5.74) is 11.0. The number of carbonyl (C=O) groups excluding carboxylic acids is 2. The molecular formula is C24H23N5O2. The Balaban J connectivity index is 1.34. The van der Waals surface area contributed by atoms with Crippen molar-refractivity contribution in [1.82, 2.24) is 20.8 Å². The number of benzene rings is 3. The van der Waals surface area contributed by atoms with Crippen molar-refractivity contribution in [2.24, 2.45) is 0 Å². The first kappa shape index (κ1) is 20.2. The molecule has 156 valence electrons. The highest BCUT2D eigenvalue weighted by Gasteiger charge is 2.11. The van der Waals surface area contributed by atoms with E-state index in [2.05, 4.69) is 20.8 Å². The minimum absolute atomic E-state index is 0.161. The highest BCUT2D eigenvalue weighted by molar-refractivity contribution is 6.02. The maximum Gasteiger partial charge on any atom is 0.251 e. The third kappa shape index (κ3) is 4.40. The number of nitrogens with two attached hydrogens (primary N) is 1. The molecule has 1 aromatic heterocycles. The van der Waals surface area contributed by atoms with Crippen molar-refractivity contribution >= 4 is 28.5 Å². The minimum atomic E-state index is -0.197. The number of hydrogen-bond donors (Lipinski definition) is 4. The van der Waals surface area contributed by atoms with Crippen molar-refractivity contribution in [3.05, 3.63) is 83.4 Å². The number of aromatic amines is 1. The van der Waals surface area contributed by atoms with Gasteiger partial charge in [-0.1, -0.05) is 42.0 Å². The fourth-order valence-electron chi connectivity index (χ4n) is 3.40. The van der Waals surface area contributed by atoms with Crippen LogP contribution in [0.2, 0.25) is 0 Å². The molecule has 4 rings (SSSR count). The lowest BCUT2D eigenvalue weighted by Crippen LogP contribution is -2.34. The number of aryl methyl sites for hydroxylation is 1. The summed E-state index contributed by atoms with van der Waals surface area (Å²) in [6, 6.07) is 20.5. The first-order valence-corrected chi connectivity index (χ1v) is 9.99. The maximum absolute atomic E-state index is 12.4. The van der Waals surface area contributed by atoms with Gasteiger partial charge in [-0.15, -0.1) is 0 Å². The molecule has 0 aliphatic heterocycles. The molecule has 31 heavy (non-hydrogen) atoms. The molecule has 0 fully saturated rings.